The Morgan fingerprint density at radius 1 is 1.42 bits per heavy atom. The molecule has 0 saturated carbocycles. The van der Waals surface area contributed by atoms with Crippen molar-refractivity contribution in [1.29, 1.82) is 0 Å². The molecule has 0 fully saturated rings. The van der Waals surface area contributed by atoms with Crippen LogP contribution in [0.25, 0.3) is 0 Å². The van der Waals surface area contributed by atoms with Crippen molar-refractivity contribution in [2.45, 2.75) is 18.8 Å². The largest absolute Gasteiger partial charge is 0.286 e. The number of hydrogen-bond donors (Lipinski definition) is 0. The number of aryl methyl sites for hydroxylation is 1. The lowest BCUT2D eigenvalue weighted by Crippen LogP contribution is -2.00. The second-order valence-corrected chi connectivity index (χ2v) is 3.88. The zero-order valence-electron chi connectivity index (χ0n) is 6.59. The highest BCUT2D eigenvalue weighted by atomic mass is 79.9. The molecule has 0 spiro atoms. The van der Waals surface area contributed by atoms with Gasteiger partial charge >= 0.3 is 0 Å². The van der Waals surface area contributed by atoms with Crippen LogP contribution in [0.2, 0.25) is 0 Å². The summed E-state index contributed by atoms with van der Waals surface area (Å²) < 4.78 is 0.118. The third-order valence-corrected chi connectivity index (χ3v) is 2.96. The lowest BCUT2D eigenvalue weighted by molar-refractivity contribution is -0.111. The van der Waals surface area contributed by atoms with E-state index in [1.54, 1.807) is 0 Å². The first kappa shape index (κ1) is 7.99. The highest BCUT2D eigenvalue weighted by Crippen LogP contribution is 2.34. The van der Waals surface area contributed by atoms with Gasteiger partial charge in [-0.1, -0.05) is 24.3 Å². The fourth-order valence-corrected chi connectivity index (χ4v) is 2.27. The van der Waals surface area contributed by atoms with Crippen molar-refractivity contribution in [3.05, 3.63) is 35.4 Å². The van der Waals surface area contributed by atoms with Crippen LogP contribution in [0.5, 0.6) is 0 Å². The number of benzene rings is 1. The number of carbonyl (C=O) groups is 1. The number of hydrogen-bond acceptors (Lipinski definition) is 1. The Balaban J connectivity index is 2.42. The van der Waals surface area contributed by atoms with E-state index >= 15 is 0 Å². The SMILES string of the molecule is O=C(Br)C1CCc2ccccc21. The fourth-order valence-electron chi connectivity index (χ4n) is 1.79. The van der Waals surface area contributed by atoms with Gasteiger partial charge in [0, 0.05) is 0 Å². The van der Waals surface area contributed by atoms with Crippen molar-refractivity contribution < 1.29 is 4.79 Å². The van der Waals surface area contributed by atoms with E-state index in [9.17, 15) is 4.79 Å². The van der Waals surface area contributed by atoms with Gasteiger partial charge in [0.15, 0.2) is 0 Å². The Morgan fingerprint density at radius 3 is 2.92 bits per heavy atom. The van der Waals surface area contributed by atoms with E-state index in [0.717, 1.165) is 12.8 Å². The van der Waals surface area contributed by atoms with Gasteiger partial charge in [0.25, 0.3) is 0 Å². The summed E-state index contributed by atoms with van der Waals surface area (Å²) in [6.07, 6.45) is 2.00. The molecule has 2 rings (SSSR count). The van der Waals surface area contributed by atoms with Crippen LogP contribution in [-0.2, 0) is 11.2 Å². The van der Waals surface area contributed by atoms with E-state index in [0.29, 0.717) is 0 Å². The molecule has 0 amide bonds. The minimum Gasteiger partial charge on any atom is -0.286 e. The summed E-state index contributed by atoms with van der Waals surface area (Å²) in [6, 6.07) is 8.17. The summed E-state index contributed by atoms with van der Waals surface area (Å²) in [5.41, 5.74) is 2.54. The average molecular weight is 225 g/mol. The lowest BCUT2D eigenvalue weighted by atomic mass is 10.0. The van der Waals surface area contributed by atoms with E-state index in [1.807, 2.05) is 18.2 Å². The Labute approximate surface area is 79.9 Å². The molecule has 1 atom stereocenters. The van der Waals surface area contributed by atoms with Crippen molar-refractivity contribution >= 4 is 20.6 Å². The summed E-state index contributed by atoms with van der Waals surface area (Å²) in [5, 5.41) is 0. The molecule has 1 aliphatic rings. The molecule has 1 unspecified atom stereocenters. The van der Waals surface area contributed by atoms with E-state index in [2.05, 4.69) is 22.0 Å². The molecular weight excluding hydrogens is 216 g/mol. The fraction of sp³-hybridized carbons (Fsp3) is 0.300. The van der Waals surface area contributed by atoms with E-state index in [-0.39, 0.29) is 10.6 Å². The van der Waals surface area contributed by atoms with Gasteiger partial charge in [-0.3, -0.25) is 4.79 Å². The molecule has 62 valence electrons. The van der Waals surface area contributed by atoms with E-state index in [4.69, 9.17) is 0 Å². The maximum absolute atomic E-state index is 11.1. The van der Waals surface area contributed by atoms with Gasteiger partial charge in [-0.25, -0.2) is 0 Å². The molecule has 2 heteroatoms. The molecule has 0 heterocycles. The van der Waals surface area contributed by atoms with Crippen LogP contribution in [0.15, 0.2) is 24.3 Å². The van der Waals surface area contributed by atoms with Crippen LogP contribution in [0.1, 0.15) is 23.5 Å². The van der Waals surface area contributed by atoms with Crippen molar-refractivity contribution in [3.63, 3.8) is 0 Å². The number of fused-ring (bicyclic) bond motifs is 1. The highest BCUT2D eigenvalue weighted by molar-refractivity contribution is 9.18. The molecule has 0 aromatic heterocycles. The number of rotatable bonds is 1. The Bertz CT molecular complexity index is 319. The molecule has 0 aliphatic heterocycles. The van der Waals surface area contributed by atoms with Crippen LogP contribution in [0.4, 0.5) is 0 Å². The monoisotopic (exact) mass is 224 g/mol. The summed E-state index contributed by atoms with van der Waals surface area (Å²) in [4.78, 5) is 11.1. The van der Waals surface area contributed by atoms with Gasteiger partial charge in [-0.2, -0.15) is 0 Å². The van der Waals surface area contributed by atoms with Gasteiger partial charge in [0.05, 0.1) is 5.92 Å². The third kappa shape index (κ3) is 1.20. The predicted molar refractivity (Wildman–Crippen MR) is 51.4 cm³/mol. The first-order chi connectivity index (χ1) is 5.79. The van der Waals surface area contributed by atoms with Crippen molar-refractivity contribution in [2.75, 3.05) is 0 Å². The maximum Gasteiger partial charge on any atom is 0.205 e. The molecule has 1 aromatic rings. The van der Waals surface area contributed by atoms with E-state index in [1.165, 1.54) is 11.1 Å². The molecule has 0 bridgehead atoms. The first-order valence-corrected chi connectivity index (χ1v) is 4.85. The van der Waals surface area contributed by atoms with Gasteiger partial charge < -0.3 is 0 Å². The molecular formula is C10H9BrO. The molecule has 12 heavy (non-hydrogen) atoms. The van der Waals surface area contributed by atoms with Crippen molar-refractivity contribution in [3.8, 4) is 0 Å². The zero-order chi connectivity index (χ0) is 8.55. The predicted octanol–water partition coefficient (Wildman–Crippen LogP) is 2.64. The van der Waals surface area contributed by atoms with Crippen molar-refractivity contribution in [2.24, 2.45) is 0 Å². The first-order valence-electron chi connectivity index (χ1n) is 4.06. The van der Waals surface area contributed by atoms with Crippen LogP contribution < -0.4 is 0 Å². The highest BCUT2D eigenvalue weighted by Gasteiger charge is 2.25. The Morgan fingerprint density at radius 2 is 2.17 bits per heavy atom. The van der Waals surface area contributed by atoms with Gasteiger partial charge in [0.2, 0.25) is 4.69 Å². The van der Waals surface area contributed by atoms with Gasteiger partial charge in [0.1, 0.15) is 0 Å². The minimum absolute atomic E-state index is 0.0983. The number of carbonyl (C=O) groups excluding carboxylic acids is 1. The second kappa shape index (κ2) is 3.02. The van der Waals surface area contributed by atoms with Gasteiger partial charge in [-0.15, -0.1) is 0 Å². The Kier molecular flexibility index (Phi) is 2.01. The molecule has 0 radical (unpaired) electrons. The standard InChI is InChI=1S/C10H9BrO/c11-10(12)9-6-5-7-3-1-2-4-8(7)9/h1-4,9H,5-6H2. The maximum atomic E-state index is 11.1. The van der Waals surface area contributed by atoms with Crippen LogP contribution in [0, 0.1) is 0 Å². The van der Waals surface area contributed by atoms with Gasteiger partial charge in [-0.05, 0) is 39.9 Å². The molecule has 0 N–H and O–H groups in total. The summed E-state index contributed by atoms with van der Waals surface area (Å²) in [5.74, 6) is 0.0983. The molecule has 1 aliphatic carbocycles. The molecule has 1 aromatic carbocycles. The summed E-state index contributed by atoms with van der Waals surface area (Å²) in [7, 11) is 0. The zero-order valence-corrected chi connectivity index (χ0v) is 8.17. The van der Waals surface area contributed by atoms with Crippen LogP contribution in [0.3, 0.4) is 0 Å². The van der Waals surface area contributed by atoms with E-state index < -0.39 is 0 Å². The quantitative estimate of drug-likeness (QED) is 0.671. The normalized spacial score (nSPS) is 20.6. The molecule has 0 saturated heterocycles. The minimum atomic E-state index is 0.0983. The van der Waals surface area contributed by atoms with Crippen LogP contribution in [-0.4, -0.2) is 4.69 Å². The Hall–Kier alpha value is -0.630. The lowest BCUT2D eigenvalue weighted by Gasteiger charge is -2.04. The second-order valence-electron chi connectivity index (χ2n) is 3.09. The molecule has 1 nitrogen and oxygen atoms in total. The van der Waals surface area contributed by atoms with Crippen LogP contribution >= 0.6 is 15.9 Å². The summed E-state index contributed by atoms with van der Waals surface area (Å²) >= 11 is 3.03. The van der Waals surface area contributed by atoms with Crippen molar-refractivity contribution in [1.82, 2.24) is 0 Å². The average Bonchev–Trinajstić information content (AvgIpc) is 2.47. The third-order valence-electron chi connectivity index (χ3n) is 2.41. The topological polar surface area (TPSA) is 17.1 Å². The smallest absolute Gasteiger partial charge is 0.205 e. The summed E-state index contributed by atoms with van der Waals surface area (Å²) in [6.45, 7) is 0. The number of halogens is 1.